The van der Waals surface area contributed by atoms with E-state index in [2.05, 4.69) is 15.6 Å². The third kappa shape index (κ3) is 4.77. The number of hydrogen-bond donors (Lipinski definition) is 2. The Morgan fingerprint density at radius 3 is 2.52 bits per heavy atom. The summed E-state index contributed by atoms with van der Waals surface area (Å²) in [5.74, 6) is -1.02. The zero-order valence-corrected chi connectivity index (χ0v) is 17.2. The van der Waals surface area contributed by atoms with Gasteiger partial charge in [-0.3, -0.25) is 19.0 Å². The van der Waals surface area contributed by atoms with Gasteiger partial charge >= 0.3 is 0 Å². The van der Waals surface area contributed by atoms with Crippen molar-refractivity contribution in [3.63, 3.8) is 0 Å². The molecule has 3 rings (SSSR count). The van der Waals surface area contributed by atoms with Crippen LogP contribution in [-0.2, 0) is 11.3 Å². The summed E-state index contributed by atoms with van der Waals surface area (Å²) in [6.45, 7) is 1.45. The Kier molecular flexibility index (Phi) is 6.44. The molecule has 31 heavy (non-hydrogen) atoms. The van der Waals surface area contributed by atoms with Crippen LogP contribution in [0, 0.1) is 12.7 Å². The van der Waals surface area contributed by atoms with E-state index in [0.717, 1.165) is 16.3 Å². The van der Waals surface area contributed by atoms with E-state index in [1.807, 2.05) is 13.0 Å². The Balaban J connectivity index is 2.02. The molecule has 0 aliphatic carbocycles. The van der Waals surface area contributed by atoms with Gasteiger partial charge in [0.1, 0.15) is 29.5 Å². The number of ether oxygens (including phenoxy) is 1. The molecule has 0 saturated carbocycles. The van der Waals surface area contributed by atoms with Crippen LogP contribution < -0.4 is 20.9 Å². The monoisotopic (exact) mass is 424 g/mol. The Morgan fingerprint density at radius 2 is 1.87 bits per heavy atom. The van der Waals surface area contributed by atoms with Crippen LogP contribution in [0.2, 0.25) is 0 Å². The smallest absolute Gasteiger partial charge is 0.267 e. The van der Waals surface area contributed by atoms with E-state index in [9.17, 15) is 18.8 Å². The van der Waals surface area contributed by atoms with E-state index in [1.165, 1.54) is 38.4 Å². The summed E-state index contributed by atoms with van der Waals surface area (Å²) >= 11 is 0. The minimum Gasteiger partial charge on any atom is -0.495 e. The highest BCUT2D eigenvalue weighted by molar-refractivity contribution is 5.94. The SMILES string of the molecule is CNC(=O)c1cnc(-c2ccc(F)cc2)n(CC(=O)Nc2cc(C)ccc2OC)c1=O. The van der Waals surface area contributed by atoms with Gasteiger partial charge in [-0.2, -0.15) is 0 Å². The first-order chi connectivity index (χ1) is 14.8. The fourth-order valence-corrected chi connectivity index (χ4v) is 3.01. The fourth-order valence-electron chi connectivity index (χ4n) is 3.01. The van der Waals surface area contributed by atoms with Gasteiger partial charge in [-0.05, 0) is 48.9 Å². The van der Waals surface area contributed by atoms with Crippen LogP contribution in [0.4, 0.5) is 10.1 Å². The number of hydrogen-bond acceptors (Lipinski definition) is 5. The first-order valence-electron chi connectivity index (χ1n) is 9.36. The Bertz CT molecular complexity index is 1190. The lowest BCUT2D eigenvalue weighted by atomic mass is 10.2. The average molecular weight is 424 g/mol. The molecule has 9 heteroatoms. The summed E-state index contributed by atoms with van der Waals surface area (Å²) in [4.78, 5) is 42.0. The molecule has 160 valence electrons. The van der Waals surface area contributed by atoms with Gasteiger partial charge in [0.15, 0.2) is 0 Å². The molecule has 0 unspecified atom stereocenters. The molecule has 2 N–H and O–H groups in total. The quantitative estimate of drug-likeness (QED) is 0.633. The van der Waals surface area contributed by atoms with Gasteiger partial charge in [0.25, 0.3) is 11.5 Å². The van der Waals surface area contributed by atoms with Gasteiger partial charge in [0.05, 0.1) is 12.8 Å². The minimum atomic E-state index is -0.694. The number of carbonyl (C=O) groups is 2. The van der Waals surface area contributed by atoms with Crippen molar-refractivity contribution in [2.45, 2.75) is 13.5 Å². The van der Waals surface area contributed by atoms with E-state index in [4.69, 9.17) is 4.74 Å². The summed E-state index contributed by atoms with van der Waals surface area (Å²) in [6.07, 6.45) is 1.14. The maximum Gasteiger partial charge on any atom is 0.267 e. The number of amides is 2. The molecule has 0 atom stereocenters. The van der Waals surface area contributed by atoms with Crippen molar-refractivity contribution in [3.05, 3.63) is 76.0 Å². The van der Waals surface area contributed by atoms with Gasteiger partial charge < -0.3 is 15.4 Å². The Hall–Kier alpha value is -4.01. The molecule has 0 bridgehead atoms. The van der Waals surface area contributed by atoms with Crippen molar-refractivity contribution in [1.82, 2.24) is 14.9 Å². The maximum absolute atomic E-state index is 13.3. The summed E-state index contributed by atoms with van der Waals surface area (Å²) in [6, 6.07) is 10.6. The number of carbonyl (C=O) groups excluding carboxylic acids is 2. The van der Waals surface area contributed by atoms with E-state index >= 15 is 0 Å². The second kappa shape index (κ2) is 9.21. The minimum absolute atomic E-state index is 0.129. The maximum atomic E-state index is 13.3. The van der Waals surface area contributed by atoms with Crippen LogP contribution in [-0.4, -0.2) is 35.5 Å². The zero-order chi connectivity index (χ0) is 22.5. The summed E-state index contributed by atoms with van der Waals surface area (Å²) in [5.41, 5.74) is 0.861. The molecule has 0 spiro atoms. The molecule has 0 aliphatic rings. The third-order valence-electron chi connectivity index (χ3n) is 4.55. The van der Waals surface area contributed by atoms with Crippen LogP contribution >= 0.6 is 0 Å². The van der Waals surface area contributed by atoms with Gasteiger partial charge in [0, 0.05) is 18.8 Å². The largest absolute Gasteiger partial charge is 0.495 e. The zero-order valence-electron chi connectivity index (χ0n) is 17.2. The predicted octanol–water partition coefficient (Wildman–Crippen LogP) is 2.36. The van der Waals surface area contributed by atoms with Crippen molar-refractivity contribution in [1.29, 1.82) is 0 Å². The number of aryl methyl sites for hydroxylation is 1. The molecule has 0 fully saturated rings. The Morgan fingerprint density at radius 1 is 1.16 bits per heavy atom. The van der Waals surface area contributed by atoms with E-state index in [0.29, 0.717) is 17.0 Å². The summed E-state index contributed by atoms with van der Waals surface area (Å²) in [5, 5.41) is 5.09. The first-order valence-corrected chi connectivity index (χ1v) is 9.36. The topological polar surface area (TPSA) is 102 Å². The lowest BCUT2D eigenvalue weighted by molar-refractivity contribution is -0.116. The molecule has 1 aromatic heterocycles. The molecule has 2 amide bonds. The van der Waals surface area contributed by atoms with Gasteiger partial charge in [-0.15, -0.1) is 0 Å². The number of benzene rings is 2. The number of aromatic nitrogens is 2. The lowest BCUT2D eigenvalue weighted by Crippen LogP contribution is -2.35. The van der Waals surface area contributed by atoms with Gasteiger partial charge in [-0.1, -0.05) is 6.07 Å². The number of anilines is 1. The summed E-state index contributed by atoms with van der Waals surface area (Å²) < 4.78 is 19.7. The molecule has 3 aromatic rings. The Labute approximate surface area is 177 Å². The van der Waals surface area contributed by atoms with E-state index in [1.54, 1.807) is 12.1 Å². The van der Waals surface area contributed by atoms with Crippen molar-refractivity contribution in [2.75, 3.05) is 19.5 Å². The second-order valence-corrected chi connectivity index (χ2v) is 6.72. The third-order valence-corrected chi connectivity index (χ3v) is 4.55. The molecular formula is C22H21FN4O4. The van der Waals surface area contributed by atoms with Gasteiger partial charge in [-0.25, -0.2) is 9.37 Å². The predicted molar refractivity (Wildman–Crippen MR) is 114 cm³/mol. The summed E-state index contributed by atoms with van der Waals surface area (Å²) in [7, 11) is 2.87. The fraction of sp³-hybridized carbons (Fsp3) is 0.182. The molecule has 0 aliphatic heterocycles. The van der Waals surface area contributed by atoms with Crippen molar-refractivity contribution in [3.8, 4) is 17.1 Å². The molecule has 1 heterocycles. The second-order valence-electron chi connectivity index (χ2n) is 6.72. The van der Waals surface area contributed by atoms with Crippen LogP contribution in [0.5, 0.6) is 5.75 Å². The van der Waals surface area contributed by atoms with E-state index < -0.39 is 29.7 Å². The lowest BCUT2D eigenvalue weighted by Gasteiger charge is -2.15. The first kappa shape index (κ1) is 21.7. The standard InChI is InChI=1S/C22H21FN4O4/c1-13-4-9-18(31-3)17(10-13)26-19(28)12-27-20(14-5-7-15(23)8-6-14)25-11-16(22(27)30)21(29)24-2/h4-11H,12H2,1-3H3,(H,24,29)(H,26,28). The van der Waals surface area contributed by atoms with E-state index in [-0.39, 0.29) is 11.4 Å². The van der Waals surface area contributed by atoms with Crippen LogP contribution in [0.25, 0.3) is 11.4 Å². The normalized spacial score (nSPS) is 10.5. The van der Waals surface area contributed by atoms with Crippen molar-refractivity contribution < 1.29 is 18.7 Å². The highest BCUT2D eigenvalue weighted by Gasteiger charge is 2.19. The highest BCUT2D eigenvalue weighted by Crippen LogP contribution is 2.25. The van der Waals surface area contributed by atoms with Crippen LogP contribution in [0.1, 0.15) is 15.9 Å². The molecule has 0 radical (unpaired) electrons. The number of nitrogens with zero attached hydrogens (tertiary/aromatic N) is 2. The number of rotatable bonds is 6. The number of methoxy groups -OCH3 is 1. The molecular weight excluding hydrogens is 403 g/mol. The molecule has 0 saturated heterocycles. The van der Waals surface area contributed by atoms with Crippen molar-refractivity contribution >= 4 is 17.5 Å². The molecule has 8 nitrogen and oxygen atoms in total. The van der Waals surface area contributed by atoms with Crippen molar-refractivity contribution in [2.24, 2.45) is 0 Å². The number of halogens is 1. The van der Waals surface area contributed by atoms with Crippen LogP contribution in [0.3, 0.4) is 0 Å². The van der Waals surface area contributed by atoms with Gasteiger partial charge in [0.2, 0.25) is 5.91 Å². The van der Waals surface area contributed by atoms with Crippen LogP contribution in [0.15, 0.2) is 53.5 Å². The average Bonchev–Trinajstić information content (AvgIpc) is 2.75. The molecule has 2 aromatic carbocycles. The number of nitrogens with one attached hydrogen (secondary N) is 2. The highest BCUT2D eigenvalue weighted by atomic mass is 19.1.